The van der Waals surface area contributed by atoms with Crippen molar-refractivity contribution in [2.24, 2.45) is 0 Å². The number of anilines is 3. The van der Waals surface area contributed by atoms with Crippen molar-refractivity contribution < 1.29 is 18.0 Å². The van der Waals surface area contributed by atoms with Gasteiger partial charge in [-0.15, -0.1) is 0 Å². The highest BCUT2D eigenvalue weighted by atomic mass is 19.4. The van der Waals surface area contributed by atoms with E-state index < -0.39 is 11.9 Å². The van der Waals surface area contributed by atoms with Gasteiger partial charge in [-0.05, 0) is 49.4 Å². The number of nitrogens with zero attached hydrogens (tertiary/aromatic N) is 4. The number of halogens is 3. The van der Waals surface area contributed by atoms with Crippen LogP contribution < -0.4 is 10.6 Å². The maximum absolute atomic E-state index is 13.0. The van der Waals surface area contributed by atoms with Gasteiger partial charge >= 0.3 is 6.18 Å². The van der Waals surface area contributed by atoms with E-state index in [4.69, 9.17) is 0 Å². The SMILES string of the molecule is Cc1n[nH]c2c(C(=O)Nc3ccc(Nc4cccc5nc(C(F)(F)F)cn45)cc3)ccnc12. The number of aromatic nitrogens is 5. The van der Waals surface area contributed by atoms with E-state index in [2.05, 4.69) is 30.8 Å². The van der Waals surface area contributed by atoms with Crippen LogP contribution in [0.1, 0.15) is 21.7 Å². The van der Waals surface area contributed by atoms with Crippen molar-refractivity contribution in [3.63, 3.8) is 0 Å². The van der Waals surface area contributed by atoms with Gasteiger partial charge in [0.05, 0.1) is 16.8 Å². The maximum atomic E-state index is 13.0. The molecule has 0 aliphatic carbocycles. The molecule has 4 heterocycles. The van der Waals surface area contributed by atoms with E-state index in [-0.39, 0.29) is 11.6 Å². The van der Waals surface area contributed by atoms with Gasteiger partial charge in [0.25, 0.3) is 5.91 Å². The minimum atomic E-state index is -4.53. The Kier molecular flexibility index (Phi) is 4.73. The van der Waals surface area contributed by atoms with E-state index in [1.165, 1.54) is 10.5 Å². The summed E-state index contributed by atoms with van der Waals surface area (Å²) in [5.74, 6) is 0.0932. The number of carbonyl (C=O) groups excluding carboxylic acids is 1. The van der Waals surface area contributed by atoms with Crippen LogP contribution in [0.2, 0.25) is 0 Å². The lowest BCUT2D eigenvalue weighted by Crippen LogP contribution is -2.12. The van der Waals surface area contributed by atoms with Gasteiger partial charge in [0.15, 0.2) is 5.69 Å². The molecule has 5 aromatic rings. The lowest BCUT2D eigenvalue weighted by molar-refractivity contribution is -0.140. The summed E-state index contributed by atoms with van der Waals surface area (Å²) in [5, 5.41) is 12.8. The normalized spacial score (nSPS) is 11.8. The summed E-state index contributed by atoms with van der Waals surface area (Å²) in [4.78, 5) is 20.6. The Hall–Kier alpha value is -4.41. The van der Waals surface area contributed by atoms with E-state index in [0.717, 1.165) is 6.20 Å². The molecule has 4 aromatic heterocycles. The average Bonchev–Trinajstić information content (AvgIpc) is 3.40. The van der Waals surface area contributed by atoms with Crippen LogP contribution in [-0.4, -0.2) is 30.5 Å². The summed E-state index contributed by atoms with van der Waals surface area (Å²) in [5.41, 5.74) is 2.68. The fourth-order valence-electron chi connectivity index (χ4n) is 3.46. The van der Waals surface area contributed by atoms with Gasteiger partial charge < -0.3 is 10.6 Å². The van der Waals surface area contributed by atoms with Crippen LogP contribution in [0, 0.1) is 6.92 Å². The quantitative estimate of drug-likeness (QED) is 0.360. The molecule has 33 heavy (non-hydrogen) atoms. The number of fused-ring (bicyclic) bond motifs is 2. The Balaban J connectivity index is 1.35. The van der Waals surface area contributed by atoms with Crippen LogP contribution in [0.4, 0.5) is 30.4 Å². The van der Waals surface area contributed by atoms with Crippen LogP contribution in [0.3, 0.4) is 0 Å². The van der Waals surface area contributed by atoms with Crippen LogP contribution in [0.5, 0.6) is 0 Å². The molecule has 1 amide bonds. The zero-order chi connectivity index (χ0) is 23.2. The molecule has 0 fully saturated rings. The third kappa shape index (κ3) is 3.84. The molecular weight excluding hydrogens is 435 g/mol. The summed E-state index contributed by atoms with van der Waals surface area (Å²) in [6.45, 7) is 1.80. The Bertz CT molecular complexity index is 1490. The molecule has 0 atom stereocenters. The zero-order valence-electron chi connectivity index (χ0n) is 17.1. The number of hydrogen-bond acceptors (Lipinski definition) is 5. The van der Waals surface area contributed by atoms with Gasteiger partial charge in [0.2, 0.25) is 0 Å². The molecule has 1 aromatic carbocycles. The number of amides is 1. The fourth-order valence-corrected chi connectivity index (χ4v) is 3.46. The van der Waals surface area contributed by atoms with Crippen LogP contribution in [0.15, 0.2) is 60.9 Å². The lowest BCUT2D eigenvalue weighted by Gasteiger charge is -2.10. The molecule has 0 spiro atoms. The molecule has 5 rings (SSSR count). The van der Waals surface area contributed by atoms with Crippen molar-refractivity contribution in [3.8, 4) is 0 Å². The van der Waals surface area contributed by atoms with Crippen molar-refractivity contribution in [1.82, 2.24) is 24.6 Å². The molecule has 11 heteroatoms. The number of nitrogens with one attached hydrogen (secondary N) is 3. The Morgan fingerprint density at radius 3 is 2.58 bits per heavy atom. The zero-order valence-corrected chi connectivity index (χ0v) is 17.1. The first kappa shape index (κ1) is 20.5. The van der Waals surface area contributed by atoms with Crippen molar-refractivity contribution in [2.45, 2.75) is 13.1 Å². The first-order chi connectivity index (χ1) is 15.8. The third-order valence-electron chi connectivity index (χ3n) is 5.07. The number of rotatable bonds is 4. The van der Waals surface area contributed by atoms with Crippen LogP contribution in [-0.2, 0) is 6.18 Å². The second kappa shape index (κ2) is 7.62. The van der Waals surface area contributed by atoms with E-state index in [0.29, 0.717) is 39.5 Å². The smallest absolute Gasteiger partial charge is 0.341 e. The van der Waals surface area contributed by atoms with Gasteiger partial charge in [-0.2, -0.15) is 18.3 Å². The summed E-state index contributed by atoms with van der Waals surface area (Å²) >= 11 is 0. The first-order valence-electron chi connectivity index (χ1n) is 9.83. The van der Waals surface area contributed by atoms with E-state index in [1.807, 2.05) is 0 Å². The van der Waals surface area contributed by atoms with Crippen LogP contribution >= 0.6 is 0 Å². The third-order valence-corrected chi connectivity index (χ3v) is 5.07. The fraction of sp³-hybridized carbons (Fsp3) is 0.0909. The number of hydrogen-bond donors (Lipinski definition) is 3. The van der Waals surface area contributed by atoms with E-state index in [9.17, 15) is 18.0 Å². The predicted molar refractivity (Wildman–Crippen MR) is 116 cm³/mol. The second-order valence-electron chi connectivity index (χ2n) is 7.31. The molecule has 0 saturated heterocycles. The summed E-state index contributed by atoms with van der Waals surface area (Å²) in [6.07, 6.45) is -2.04. The summed E-state index contributed by atoms with van der Waals surface area (Å²) in [6, 6.07) is 13.1. The highest BCUT2D eigenvalue weighted by molar-refractivity contribution is 6.11. The number of carbonyl (C=O) groups is 1. The van der Waals surface area contributed by atoms with Crippen LogP contribution in [0.25, 0.3) is 16.7 Å². The number of pyridine rings is 2. The maximum Gasteiger partial charge on any atom is 0.434 e. The van der Waals surface area contributed by atoms with Gasteiger partial charge in [0, 0.05) is 23.8 Å². The van der Waals surface area contributed by atoms with Crippen molar-refractivity contribution in [1.29, 1.82) is 0 Å². The summed E-state index contributed by atoms with van der Waals surface area (Å²) < 4.78 is 40.3. The highest BCUT2D eigenvalue weighted by Crippen LogP contribution is 2.30. The monoisotopic (exact) mass is 451 g/mol. The predicted octanol–water partition coefficient (Wildman–Crippen LogP) is 4.93. The lowest BCUT2D eigenvalue weighted by atomic mass is 10.2. The molecule has 0 aliphatic rings. The standard InChI is InChI=1S/C22H16F3N7O/c1-12-19-20(31-30-12)15(9-10-26-19)21(33)28-14-7-5-13(6-8-14)27-17-3-2-4-18-29-16(11-32(17)18)22(23,24)25/h2-11,27H,1H3,(H,28,33)(H,30,31). The van der Waals surface area contributed by atoms with E-state index in [1.54, 1.807) is 55.6 Å². The topological polar surface area (TPSA) is 100 Å². The molecule has 0 radical (unpaired) electrons. The number of benzene rings is 1. The number of alkyl halides is 3. The molecule has 0 saturated carbocycles. The van der Waals surface area contributed by atoms with Gasteiger partial charge in [0.1, 0.15) is 17.0 Å². The molecule has 8 nitrogen and oxygen atoms in total. The Labute approximate surface area is 184 Å². The molecule has 0 unspecified atom stereocenters. The van der Waals surface area contributed by atoms with Gasteiger partial charge in [-0.3, -0.25) is 19.3 Å². The number of aryl methyl sites for hydroxylation is 1. The largest absolute Gasteiger partial charge is 0.434 e. The number of aromatic amines is 1. The average molecular weight is 451 g/mol. The number of H-pyrrole nitrogens is 1. The van der Waals surface area contributed by atoms with Gasteiger partial charge in [-0.1, -0.05) is 6.07 Å². The molecular formula is C22H16F3N7O. The van der Waals surface area contributed by atoms with E-state index >= 15 is 0 Å². The summed E-state index contributed by atoms with van der Waals surface area (Å²) in [7, 11) is 0. The minimum absolute atomic E-state index is 0.175. The Morgan fingerprint density at radius 2 is 1.82 bits per heavy atom. The first-order valence-corrected chi connectivity index (χ1v) is 9.83. The second-order valence-corrected chi connectivity index (χ2v) is 7.31. The number of imidazole rings is 1. The molecule has 166 valence electrons. The van der Waals surface area contributed by atoms with Crippen molar-refractivity contribution >= 4 is 39.8 Å². The highest BCUT2D eigenvalue weighted by Gasteiger charge is 2.34. The van der Waals surface area contributed by atoms with Crippen molar-refractivity contribution in [2.75, 3.05) is 10.6 Å². The molecule has 0 aliphatic heterocycles. The Morgan fingerprint density at radius 1 is 1.06 bits per heavy atom. The molecule has 3 N–H and O–H groups in total. The minimum Gasteiger partial charge on any atom is -0.341 e. The van der Waals surface area contributed by atoms with Gasteiger partial charge in [-0.25, -0.2) is 4.98 Å². The van der Waals surface area contributed by atoms with Crippen molar-refractivity contribution in [3.05, 3.63) is 77.9 Å². The molecule has 0 bridgehead atoms.